The second-order valence-corrected chi connectivity index (χ2v) is 10.8. The van der Waals surface area contributed by atoms with Gasteiger partial charge in [0.2, 0.25) is 11.8 Å². The van der Waals surface area contributed by atoms with Gasteiger partial charge in [0.15, 0.2) is 0 Å². The van der Waals surface area contributed by atoms with E-state index >= 15 is 0 Å². The first-order valence-electron chi connectivity index (χ1n) is 11.6. The number of halogens is 1. The van der Waals surface area contributed by atoms with Gasteiger partial charge in [-0.15, -0.1) is 0 Å². The summed E-state index contributed by atoms with van der Waals surface area (Å²) in [6.07, 6.45) is 0. The second-order valence-electron chi connectivity index (χ2n) is 8.46. The van der Waals surface area contributed by atoms with Crippen LogP contribution in [0.2, 0.25) is 5.02 Å². The molecule has 0 radical (unpaired) electrons. The predicted molar refractivity (Wildman–Crippen MR) is 144 cm³/mol. The van der Waals surface area contributed by atoms with E-state index in [0.29, 0.717) is 10.8 Å². The molecular formula is C27H30ClN3O5S. The quantitative estimate of drug-likeness (QED) is 0.417. The fourth-order valence-corrected chi connectivity index (χ4v) is 5.31. The normalized spacial score (nSPS) is 11.9. The maximum Gasteiger partial charge on any atom is 0.264 e. The Kier molecular flexibility index (Phi) is 9.18. The van der Waals surface area contributed by atoms with Crippen LogP contribution in [0.15, 0.2) is 77.7 Å². The van der Waals surface area contributed by atoms with Crippen LogP contribution in [-0.4, -0.2) is 51.9 Å². The van der Waals surface area contributed by atoms with Gasteiger partial charge in [0.05, 0.1) is 17.7 Å². The van der Waals surface area contributed by atoms with Crippen molar-refractivity contribution in [1.29, 1.82) is 0 Å². The van der Waals surface area contributed by atoms with Crippen LogP contribution in [0.25, 0.3) is 0 Å². The highest BCUT2D eigenvalue weighted by molar-refractivity contribution is 7.92. The molecule has 0 unspecified atom stereocenters. The Labute approximate surface area is 222 Å². The number of carbonyl (C=O) groups excluding carboxylic acids is 2. The average Bonchev–Trinajstić information content (AvgIpc) is 2.89. The van der Waals surface area contributed by atoms with Crippen molar-refractivity contribution >= 4 is 39.1 Å². The van der Waals surface area contributed by atoms with E-state index < -0.39 is 28.5 Å². The van der Waals surface area contributed by atoms with Gasteiger partial charge < -0.3 is 15.0 Å². The summed E-state index contributed by atoms with van der Waals surface area (Å²) in [5, 5.41) is 2.88. The van der Waals surface area contributed by atoms with E-state index in [1.165, 1.54) is 30.1 Å². The lowest BCUT2D eigenvalue weighted by atomic mass is 10.1. The summed E-state index contributed by atoms with van der Waals surface area (Å²) in [7, 11) is -1.11. The third-order valence-electron chi connectivity index (χ3n) is 5.91. The minimum atomic E-state index is -4.14. The van der Waals surface area contributed by atoms with Gasteiger partial charge in [-0.1, -0.05) is 47.5 Å². The number of nitrogens with zero attached hydrogens (tertiary/aromatic N) is 2. The highest BCUT2D eigenvalue weighted by Gasteiger charge is 2.32. The van der Waals surface area contributed by atoms with Crippen molar-refractivity contribution in [3.63, 3.8) is 0 Å². The maximum atomic E-state index is 13.7. The molecule has 10 heteroatoms. The van der Waals surface area contributed by atoms with Crippen LogP contribution >= 0.6 is 11.6 Å². The van der Waals surface area contributed by atoms with E-state index in [-0.39, 0.29) is 23.0 Å². The van der Waals surface area contributed by atoms with Crippen LogP contribution in [0, 0.1) is 6.92 Å². The molecule has 1 N–H and O–H groups in total. The summed E-state index contributed by atoms with van der Waals surface area (Å²) in [6, 6.07) is 18.9. The molecular weight excluding hydrogens is 514 g/mol. The molecule has 0 saturated heterocycles. The van der Waals surface area contributed by atoms with Crippen molar-refractivity contribution in [2.24, 2.45) is 0 Å². The van der Waals surface area contributed by atoms with Crippen LogP contribution in [0.3, 0.4) is 0 Å². The number of methoxy groups -OCH3 is 1. The van der Waals surface area contributed by atoms with E-state index in [1.807, 2.05) is 6.92 Å². The first-order valence-corrected chi connectivity index (χ1v) is 13.4. The Morgan fingerprint density at radius 3 is 2.24 bits per heavy atom. The molecule has 196 valence electrons. The van der Waals surface area contributed by atoms with Gasteiger partial charge in [0.25, 0.3) is 10.0 Å². The van der Waals surface area contributed by atoms with Crippen molar-refractivity contribution in [3.05, 3.63) is 88.9 Å². The average molecular weight is 544 g/mol. The molecule has 3 rings (SSSR count). The fraction of sp³-hybridized carbons (Fsp3) is 0.259. The van der Waals surface area contributed by atoms with E-state index in [9.17, 15) is 18.0 Å². The van der Waals surface area contributed by atoms with Crippen LogP contribution in [0.4, 0.5) is 5.69 Å². The van der Waals surface area contributed by atoms with Gasteiger partial charge in [-0.2, -0.15) is 0 Å². The summed E-state index contributed by atoms with van der Waals surface area (Å²) < 4.78 is 33.7. The molecule has 37 heavy (non-hydrogen) atoms. The fourth-order valence-electron chi connectivity index (χ4n) is 3.72. The van der Waals surface area contributed by atoms with Gasteiger partial charge in [-0.05, 0) is 61.9 Å². The van der Waals surface area contributed by atoms with Crippen molar-refractivity contribution in [3.8, 4) is 5.75 Å². The smallest absolute Gasteiger partial charge is 0.264 e. The maximum absolute atomic E-state index is 13.7. The number of rotatable bonds is 10. The Morgan fingerprint density at radius 1 is 1.03 bits per heavy atom. The minimum absolute atomic E-state index is 0.0342. The number of benzene rings is 3. The molecule has 0 bridgehead atoms. The Morgan fingerprint density at radius 2 is 1.68 bits per heavy atom. The summed E-state index contributed by atoms with van der Waals surface area (Å²) >= 11 is 6.17. The molecule has 0 aliphatic carbocycles. The number of nitrogens with one attached hydrogen (secondary N) is 1. The summed E-state index contributed by atoms with van der Waals surface area (Å²) in [5.74, 6) is -0.280. The Hall–Kier alpha value is -3.56. The molecule has 8 nitrogen and oxygen atoms in total. The molecule has 0 aliphatic rings. The number of likely N-dealkylation sites (N-methyl/N-ethyl adjacent to an activating group) is 1. The number of carbonyl (C=O) groups is 2. The zero-order valence-electron chi connectivity index (χ0n) is 21.1. The largest absolute Gasteiger partial charge is 0.497 e. The summed E-state index contributed by atoms with van der Waals surface area (Å²) in [5.41, 5.74) is 1.88. The lowest BCUT2D eigenvalue weighted by molar-refractivity contribution is -0.139. The van der Waals surface area contributed by atoms with Crippen molar-refractivity contribution in [2.45, 2.75) is 31.3 Å². The van der Waals surface area contributed by atoms with Gasteiger partial charge in [0.1, 0.15) is 18.3 Å². The second kappa shape index (κ2) is 12.1. The molecule has 0 aliphatic heterocycles. The zero-order valence-corrected chi connectivity index (χ0v) is 22.7. The SMILES string of the molecule is CNC(=O)[C@@H](C)N(Cc1ccc(OC)cc1)C(=O)CN(c1cccc(Cl)c1)S(=O)(=O)c1ccc(C)cc1. The third kappa shape index (κ3) is 6.81. The first-order chi connectivity index (χ1) is 17.6. The van der Waals surface area contributed by atoms with Crippen molar-refractivity contribution in [1.82, 2.24) is 10.2 Å². The van der Waals surface area contributed by atoms with E-state index in [4.69, 9.17) is 16.3 Å². The molecule has 0 spiro atoms. The van der Waals surface area contributed by atoms with Crippen LogP contribution in [0.1, 0.15) is 18.1 Å². The van der Waals surface area contributed by atoms with Crippen molar-refractivity contribution in [2.75, 3.05) is 25.0 Å². The molecule has 1 atom stereocenters. The van der Waals surface area contributed by atoms with Gasteiger partial charge in [-0.25, -0.2) is 8.42 Å². The van der Waals surface area contributed by atoms with Crippen LogP contribution in [-0.2, 0) is 26.2 Å². The summed E-state index contributed by atoms with van der Waals surface area (Å²) in [6.45, 7) is 3.00. The molecule has 0 saturated carbocycles. The highest BCUT2D eigenvalue weighted by Crippen LogP contribution is 2.27. The third-order valence-corrected chi connectivity index (χ3v) is 7.93. The molecule has 2 amide bonds. The molecule has 0 fully saturated rings. The number of hydrogen-bond acceptors (Lipinski definition) is 5. The molecule has 0 aromatic heterocycles. The van der Waals surface area contributed by atoms with Gasteiger partial charge in [-0.3, -0.25) is 13.9 Å². The van der Waals surface area contributed by atoms with Gasteiger partial charge in [0, 0.05) is 18.6 Å². The minimum Gasteiger partial charge on any atom is -0.497 e. The van der Waals surface area contributed by atoms with Crippen molar-refractivity contribution < 1.29 is 22.7 Å². The number of amides is 2. The first kappa shape index (κ1) is 28.0. The highest BCUT2D eigenvalue weighted by atomic mass is 35.5. The van der Waals surface area contributed by atoms with E-state index in [1.54, 1.807) is 68.6 Å². The van der Waals surface area contributed by atoms with E-state index in [0.717, 1.165) is 15.4 Å². The molecule has 3 aromatic rings. The number of aryl methyl sites for hydroxylation is 1. The lowest BCUT2D eigenvalue weighted by Gasteiger charge is -2.31. The predicted octanol–water partition coefficient (Wildman–Crippen LogP) is 4.02. The standard InChI is InChI=1S/C27H30ClN3O5S/c1-19-8-14-25(15-9-19)37(34,35)31(23-7-5-6-22(28)16-23)18-26(32)30(20(2)27(33)29-3)17-21-10-12-24(36-4)13-11-21/h5-16,20H,17-18H2,1-4H3,(H,29,33)/t20-/m1/s1. The Bertz CT molecular complexity index is 1350. The molecule has 0 heterocycles. The van der Waals surface area contributed by atoms with Crippen LogP contribution < -0.4 is 14.4 Å². The zero-order chi connectivity index (χ0) is 27.2. The van der Waals surface area contributed by atoms with Gasteiger partial charge >= 0.3 is 0 Å². The number of ether oxygens (including phenoxy) is 1. The topological polar surface area (TPSA) is 96.0 Å². The number of sulfonamides is 1. The Balaban J connectivity index is 2.01. The number of hydrogen-bond donors (Lipinski definition) is 1. The van der Waals surface area contributed by atoms with E-state index in [2.05, 4.69) is 5.32 Å². The lowest BCUT2D eigenvalue weighted by Crippen LogP contribution is -2.50. The van der Waals surface area contributed by atoms with Crippen LogP contribution in [0.5, 0.6) is 5.75 Å². The monoisotopic (exact) mass is 543 g/mol. The summed E-state index contributed by atoms with van der Waals surface area (Å²) in [4.78, 5) is 27.6. The number of anilines is 1. The molecule has 3 aromatic carbocycles.